The van der Waals surface area contributed by atoms with E-state index in [1.807, 2.05) is 7.05 Å². The first-order valence-electron chi connectivity index (χ1n) is 6.88. The van der Waals surface area contributed by atoms with Gasteiger partial charge in [-0.3, -0.25) is 0 Å². The van der Waals surface area contributed by atoms with Gasteiger partial charge in [-0.15, -0.1) is 11.3 Å². The van der Waals surface area contributed by atoms with Crippen molar-refractivity contribution in [3.05, 3.63) is 17.3 Å². The standard InChI is InChI=1S/C14H20N4S/c1-10-8-19-13-12(10)16-9-17-14(13)18-5-3-11(4-6-18)7-15-2/h8-9,11,15H,3-7H2,1-2H3. The summed E-state index contributed by atoms with van der Waals surface area (Å²) < 4.78 is 1.24. The van der Waals surface area contributed by atoms with Crippen molar-refractivity contribution in [2.45, 2.75) is 19.8 Å². The van der Waals surface area contributed by atoms with Crippen molar-refractivity contribution < 1.29 is 0 Å². The molecule has 2 aromatic rings. The van der Waals surface area contributed by atoms with E-state index in [2.05, 4.69) is 32.5 Å². The molecular formula is C14H20N4S. The Morgan fingerprint density at radius 1 is 1.37 bits per heavy atom. The van der Waals surface area contributed by atoms with E-state index in [0.29, 0.717) is 0 Å². The van der Waals surface area contributed by atoms with Gasteiger partial charge in [-0.2, -0.15) is 0 Å². The minimum atomic E-state index is 0.809. The molecule has 0 radical (unpaired) electrons. The summed E-state index contributed by atoms with van der Waals surface area (Å²) in [5, 5.41) is 5.46. The molecule has 1 fully saturated rings. The van der Waals surface area contributed by atoms with Crippen LogP contribution in [0.3, 0.4) is 0 Å². The molecule has 0 aromatic carbocycles. The lowest BCUT2D eigenvalue weighted by molar-refractivity contribution is 0.393. The minimum absolute atomic E-state index is 0.809. The molecule has 2 aromatic heterocycles. The lowest BCUT2D eigenvalue weighted by Crippen LogP contribution is -2.37. The van der Waals surface area contributed by atoms with Crippen molar-refractivity contribution in [3.8, 4) is 0 Å². The van der Waals surface area contributed by atoms with Gasteiger partial charge in [0.1, 0.15) is 12.1 Å². The zero-order chi connectivity index (χ0) is 13.2. The van der Waals surface area contributed by atoms with Crippen molar-refractivity contribution in [1.29, 1.82) is 0 Å². The average Bonchev–Trinajstić information content (AvgIpc) is 2.82. The molecule has 1 aliphatic heterocycles. The van der Waals surface area contributed by atoms with Crippen LogP contribution in [0.5, 0.6) is 0 Å². The molecular weight excluding hydrogens is 256 g/mol. The van der Waals surface area contributed by atoms with Gasteiger partial charge in [0.05, 0.1) is 10.2 Å². The Balaban J connectivity index is 1.82. The maximum Gasteiger partial charge on any atom is 0.150 e. The molecule has 0 atom stereocenters. The van der Waals surface area contributed by atoms with E-state index < -0.39 is 0 Å². The maximum absolute atomic E-state index is 4.52. The van der Waals surface area contributed by atoms with Crippen LogP contribution >= 0.6 is 11.3 Å². The highest BCUT2D eigenvalue weighted by Gasteiger charge is 2.21. The number of thiophene rings is 1. The molecule has 3 rings (SSSR count). The summed E-state index contributed by atoms with van der Waals surface area (Å²) in [5.41, 5.74) is 2.38. The van der Waals surface area contributed by atoms with E-state index in [1.165, 1.54) is 23.1 Å². The Bertz CT molecular complexity index is 558. The summed E-state index contributed by atoms with van der Waals surface area (Å²) in [5.74, 6) is 1.94. The third-order valence-corrected chi connectivity index (χ3v) is 5.00. The van der Waals surface area contributed by atoms with Crippen molar-refractivity contribution in [2.75, 3.05) is 31.6 Å². The van der Waals surface area contributed by atoms with Gasteiger partial charge in [-0.05, 0) is 50.2 Å². The molecule has 0 amide bonds. The molecule has 1 aliphatic rings. The van der Waals surface area contributed by atoms with E-state index in [-0.39, 0.29) is 0 Å². The third kappa shape index (κ3) is 2.44. The quantitative estimate of drug-likeness (QED) is 0.935. The van der Waals surface area contributed by atoms with Crippen LogP contribution < -0.4 is 10.2 Å². The third-order valence-electron chi connectivity index (χ3n) is 3.92. The SMILES string of the molecule is CNCC1CCN(c2ncnc3c(C)csc23)CC1. The molecule has 3 heterocycles. The number of hydrogen-bond acceptors (Lipinski definition) is 5. The van der Waals surface area contributed by atoms with Crippen LogP contribution in [0.2, 0.25) is 0 Å². The summed E-state index contributed by atoms with van der Waals surface area (Å²) in [7, 11) is 2.04. The number of anilines is 1. The number of rotatable bonds is 3. The van der Waals surface area contributed by atoms with Crippen LogP contribution in [-0.2, 0) is 0 Å². The molecule has 0 spiro atoms. The fourth-order valence-corrected chi connectivity index (χ4v) is 3.84. The molecule has 0 bridgehead atoms. The largest absolute Gasteiger partial charge is 0.355 e. The zero-order valence-corrected chi connectivity index (χ0v) is 12.3. The van der Waals surface area contributed by atoms with E-state index in [0.717, 1.165) is 36.9 Å². The highest BCUT2D eigenvalue weighted by molar-refractivity contribution is 7.18. The normalized spacial score (nSPS) is 17.3. The highest BCUT2D eigenvalue weighted by Crippen LogP contribution is 2.32. The first-order valence-corrected chi connectivity index (χ1v) is 7.76. The molecule has 19 heavy (non-hydrogen) atoms. The van der Waals surface area contributed by atoms with Gasteiger partial charge in [-0.1, -0.05) is 0 Å². The predicted octanol–water partition coefficient (Wildman–Crippen LogP) is 2.44. The van der Waals surface area contributed by atoms with Gasteiger partial charge in [0.15, 0.2) is 0 Å². The lowest BCUT2D eigenvalue weighted by atomic mass is 9.97. The van der Waals surface area contributed by atoms with Crippen LogP contribution in [0, 0.1) is 12.8 Å². The van der Waals surface area contributed by atoms with Gasteiger partial charge < -0.3 is 10.2 Å². The first kappa shape index (κ1) is 12.8. The van der Waals surface area contributed by atoms with E-state index in [1.54, 1.807) is 17.7 Å². The van der Waals surface area contributed by atoms with Crippen molar-refractivity contribution in [2.24, 2.45) is 5.92 Å². The lowest BCUT2D eigenvalue weighted by Gasteiger charge is -2.32. The van der Waals surface area contributed by atoms with Gasteiger partial charge in [0.25, 0.3) is 0 Å². The topological polar surface area (TPSA) is 41.0 Å². The van der Waals surface area contributed by atoms with Crippen molar-refractivity contribution in [1.82, 2.24) is 15.3 Å². The van der Waals surface area contributed by atoms with E-state index >= 15 is 0 Å². The molecule has 0 aliphatic carbocycles. The van der Waals surface area contributed by atoms with Crippen LogP contribution in [-0.4, -0.2) is 36.6 Å². The number of nitrogens with zero attached hydrogens (tertiary/aromatic N) is 3. The first-order chi connectivity index (χ1) is 9.29. The number of piperidine rings is 1. The predicted molar refractivity (Wildman–Crippen MR) is 81.0 cm³/mol. The summed E-state index contributed by atoms with van der Waals surface area (Å²) in [4.78, 5) is 11.4. The Hall–Kier alpha value is -1.20. The van der Waals surface area contributed by atoms with Crippen LogP contribution in [0.1, 0.15) is 18.4 Å². The number of hydrogen-bond donors (Lipinski definition) is 1. The van der Waals surface area contributed by atoms with Crippen LogP contribution in [0.4, 0.5) is 5.82 Å². The Kier molecular flexibility index (Phi) is 3.66. The minimum Gasteiger partial charge on any atom is -0.355 e. The number of nitrogens with one attached hydrogen (secondary N) is 1. The summed E-state index contributed by atoms with van der Waals surface area (Å²) in [6.45, 7) is 5.46. The number of aryl methyl sites for hydroxylation is 1. The second-order valence-corrected chi connectivity index (χ2v) is 6.16. The van der Waals surface area contributed by atoms with Gasteiger partial charge in [0, 0.05) is 13.1 Å². The average molecular weight is 276 g/mol. The molecule has 4 nitrogen and oxygen atoms in total. The van der Waals surface area contributed by atoms with E-state index in [4.69, 9.17) is 0 Å². The van der Waals surface area contributed by atoms with Crippen LogP contribution in [0.25, 0.3) is 10.2 Å². The summed E-state index contributed by atoms with van der Waals surface area (Å²) in [6, 6.07) is 0. The monoisotopic (exact) mass is 276 g/mol. The maximum atomic E-state index is 4.52. The van der Waals surface area contributed by atoms with Crippen LogP contribution in [0.15, 0.2) is 11.7 Å². The Labute approximate surface area is 117 Å². The Morgan fingerprint density at radius 3 is 2.89 bits per heavy atom. The molecule has 1 N–H and O–H groups in total. The molecule has 0 unspecified atom stereocenters. The molecule has 5 heteroatoms. The van der Waals surface area contributed by atoms with E-state index in [9.17, 15) is 0 Å². The molecule has 1 saturated heterocycles. The Morgan fingerprint density at radius 2 is 2.16 bits per heavy atom. The van der Waals surface area contributed by atoms with Crippen molar-refractivity contribution in [3.63, 3.8) is 0 Å². The molecule has 102 valence electrons. The number of aromatic nitrogens is 2. The fraction of sp³-hybridized carbons (Fsp3) is 0.571. The highest BCUT2D eigenvalue weighted by atomic mass is 32.1. The van der Waals surface area contributed by atoms with Gasteiger partial charge in [0.2, 0.25) is 0 Å². The fourth-order valence-electron chi connectivity index (χ4n) is 2.82. The summed E-state index contributed by atoms with van der Waals surface area (Å²) >= 11 is 1.77. The van der Waals surface area contributed by atoms with Gasteiger partial charge >= 0.3 is 0 Å². The zero-order valence-electron chi connectivity index (χ0n) is 11.5. The smallest absolute Gasteiger partial charge is 0.150 e. The van der Waals surface area contributed by atoms with Crippen molar-refractivity contribution >= 4 is 27.4 Å². The summed E-state index contributed by atoms with van der Waals surface area (Å²) in [6.07, 6.45) is 4.20. The second kappa shape index (κ2) is 5.43. The number of fused-ring (bicyclic) bond motifs is 1. The molecule has 0 saturated carbocycles. The van der Waals surface area contributed by atoms with Gasteiger partial charge in [-0.25, -0.2) is 9.97 Å². The second-order valence-electron chi connectivity index (χ2n) is 5.28.